The predicted molar refractivity (Wildman–Crippen MR) is 185 cm³/mol. The molecule has 0 aromatic rings. The molecule has 0 saturated carbocycles. The topological polar surface area (TPSA) is 129 Å². The summed E-state index contributed by atoms with van der Waals surface area (Å²) in [6.07, 6.45) is 22.1. The van der Waals surface area contributed by atoms with Gasteiger partial charge in [0.15, 0.2) is 0 Å². The van der Waals surface area contributed by atoms with Gasteiger partial charge in [-0.15, -0.1) is 0 Å². The van der Waals surface area contributed by atoms with Crippen LogP contribution < -0.4 is 0 Å². The summed E-state index contributed by atoms with van der Waals surface area (Å²) < 4.78 is 2.84. The zero-order valence-electron chi connectivity index (χ0n) is 30.8. The Morgan fingerprint density at radius 2 is 0.400 bits per heavy atom. The number of quaternary nitrogens is 2. The first-order chi connectivity index (χ1) is 21.5. The molecule has 0 aliphatic carbocycles. The van der Waals surface area contributed by atoms with Gasteiger partial charge >= 0.3 is 16.8 Å². The molecule has 267 valence electrons. The second-order valence-electron chi connectivity index (χ2n) is 11.3. The summed E-state index contributed by atoms with van der Waals surface area (Å²) in [5.41, 5.74) is 0. The number of unbranched alkanes of at least 4 members (excludes halogenated alkanes) is 8. The maximum Gasteiger partial charge on any atom is 2.00 e. The van der Waals surface area contributed by atoms with E-state index in [0.29, 0.717) is 0 Å². The summed E-state index contributed by atoms with van der Waals surface area (Å²) in [6, 6.07) is 0. The van der Waals surface area contributed by atoms with E-state index in [0.717, 1.165) is 0 Å². The fourth-order valence-electron chi connectivity index (χ4n) is 5.29. The molecule has 0 unspecified atom stereocenters. The van der Waals surface area contributed by atoms with E-state index in [1.165, 1.54) is 164 Å². The molecule has 1 radical (unpaired) electrons. The molecular weight excluding hydrogens is 607 g/mol. The molecule has 0 N–H and O–H groups in total. The van der Waals surface area contributed by atoms with E-state index in [9.17, 15) is 0 Å². The first-order valence-corrected chi connectivity index (χ1v) is 17.2. The smallest absolute Gasteiger partial charge is 0.512 e. The number of hydrogen-bond donors (Lipinski definition) is 0. The van der Waals surface area contributed by atoms with E-state index in [2.05, 4.69) is 55.4 Å². The molecule has 0 amide bonds. The van der Waals surface area contributed by atoms with Crippen LogP contribution in [0.1, 0.15) is 158 Å². The van der Waals surface area contributed by atoms with Crippen LogP contribution in [0.4, 0.5) is 0 Å². The van der Waals surface area contributed by atoms with E-state index in [-0.39, 0.29) is 16.8 Å². The van der Waals surface area contributed by atoms with E-state index in [1.807, 2.05) is 0 Å². The van der Waals surface area contributed by atoms with Gasteiger partial charge in [0.05, 0.1) is 52.4 Å². The van der Waals surface area contributed by atoms with E-state index >= 15 is 0 Å². The van der Waals surface area contributed by atoms with Crippen LogP contribution in [0, 0.1) is 57.3 Å². The molecular formula is C36H72CoN6O2. The van der Waals surface area contributed by atoms with Gasteiger partial charge in [0.2, 0.25) is 0 Å². The molecule has 0 aliphatic heterocycles. The second-order valence-corrected chi connectivity index (χ2v) is 11.3. The van der Waals surface area contributed by atoms with Crippen LogP contribution in [-0.2, 0) is 16.8 Å². The van der Waals surface area contributed by atoms with Crippen LogP contribution in [0.15, 0.2) is 0 Å². The maximum absolute atomic E-state index is 7.00. The number of hydrogen-bond acceptors (Lipinski definition) is 6. The molecule has 0 fully saturated rings. The Balaban J connectivity index is -0.0000000776. The Bertz CT molecular complexity index is 436. The van der Waals surface area contributed by atoms with Crippen molar-refractivity contribution in [2.45, 2.75) is 158 Å². The third kappa shape index (κ3) is 46.5. The Morgan fingerprint density at radius 1 is 0.311 bits per heavy atom. The van der Waals surface area contributed by atoms with E-state index in [4.69, 9.17) is 57.3 Å². The van der Waals surface area contributed by atoms with Crippen molar-refractivity contribution in [3.8, 4) is 0 Å². The number of nitrogens with zero attached hydrogens (tertiary/aromatic N) is 6. The fraction of sp³-hybridized carbons (Fsp3) is 0.889. The molecule has 0 aromatic carbocycles. The standard InChI is InChI=1S/2C16H36N.4CN.Co.O2/c2*1-5-9-13-17(14-10-6-2,15-11-7-3)16-12-8-4;4*1-2;;1-2/h2*5-16H2,1-4H3;;;;;;/q2*+1;4*-1;+2;. The van der Waals surface area contributed by atoms with E-state index < -0.39 is 0 Å². The molecule has 0 rings (SSSR count). The molecule has 0 aromatic heterocycles. The normalized spacial score (nSPS) is 9.33. The van der Waals surface area contributed by atoms with Crippen LogP contribution in [0.25, 0.3) is 0 Å². The van der Waals surface area contributed by atoms with Crippen molar-refractivity contribution in [3.05, 3.63) is 36.2 Å². The van der Waals surface area contributed by atoms with Gasteiger partial charge in [-0.05, 0) is 51.4 Å². The van der Waals surface area contributed by atoms with Crippen LogP contribution >= 0.6 is 0 Å². The maximum atomic E-state index is 7.00. The minimum absolute atomic E-state index is 0. The number of rotatable bonds is 24. The largest absolute Gasteiger partial charge is 2.00 e. The van der Waals surface area contributed by atoms with Gasteiger partial charge in [0.25, 0.3) is 0 Å². The van der Waals surface area contributed by atoms with Crippen molar-refractivity contribution in [1.82, 2.24) is 0 Å². The van der Waals surface area contributed by atoms with Gasteiger partial charge in [-0.3, -0.25) is 0 Å². The molecule has 0 saturated heterocycles. The fourth-order valence-corrected chi connectivity index (χ4v) is 5.29. The van der Waals surface area contributed by atoms with Gasteiger partial charge < -0.3 is 56.3 Å². The van der Waals surface area contributed by atoms with Crippen LogP contribution in [-0.4, -0.2) is 61.3 Å². The Hall–Kier alpha value is -2.01. The SMILES string of the molecule is CCCC[N+](CCCC)(CCCC)CCCC.CCCC[N+](CCCC)(CCCC)CCCC.O=O.[C-]#N.[C-]#N.[C-]#N.[C-]#N.[Co+2]. The second kappa shape index (κ2) is 61.1. The average Bonchev–Trinajstić information content (AvgIpc) is 3.11. The first kappa shape index (κ1) is 61.9. The molecule has 45 heavy (non-hydrogen) atoms. The van der Waals surface area contributed by atoms with Crippen LogP contribution in [0.5, 0.6) is 0 Å². The van der Waals surface area contributed by atoms with Crippen LogP contribution in [0.3, 0.4) is 0 Å². The van der Waals surface area contributed by atoms with Crippen molar-refractivity contribution in [2.75, 3.05) is 52.4 Å². The minimum Gasteiger partial charge on any atom is -0.512 e. The molecule has 8 nitrogen and oxygen atoms in total. The van der Waals surface area contributed by atoms with Gasteiger partial charge in [-0.25, -0.2) is 0 Å². The summed E-state index contributed by atoms with van der Waals surface area (Å²) in [5.74, 6) is 0. The summed E-state index contributed by atoms with van der Waals surface area (Å²) in [4.78, 5) is 14.0. The van der Waals surface area contributed by atoms with Gasteiger partial charge in [0, 0.05) is 9.93 Å². The van der Waals surface area contributed by atoms with Crippen molar-refractivity contribution < 1.29 is 25.7 Å². The summed E-state index contributed by atoms with van der Waals surface area (Å²) in [5, 5.41) is 25.0. The monoisotopic (exact) mass is 680 g/mol. The quantitative estimate of drug-likeness (QED) is 0.0737. The van der Waals surface area contributed by atoms with Gasteiger partial charge in [-0.2, -0.15) is 0 Å². The molecule has 9 heteroatoms. The average molecular weight is 680 g/mol. The summed E-state index contributed by atoms with van der Waals surface area (Å²) in [7, 11) is 0. The van der Waals surface area contributed by atoms with Crippen molar-refractivity contribution in [1.29, 1.82) is 21.0 Å². The molecule has 0 atom stereocenters. The Kier molecular flexibility index (Phi) is 84.0. The Morgan fingerprint density at radius 3 is 0.467 bits per heavy atom. The molecule has 0 bridgehead atoms. The minimum atomic E-state index is 0. The zero-order chi connectivity index (χ0) is 36.0. The molecule has 0 aliphatic rings. The van der Waals surface area contributed by atoms with Crippen molar-refractivity contribution in [3.63, 3.8) is 0 Å². The third-order valence-electron chi connectivity index (χ3n) is 7.89. The van der Waals surface area contributed by atoms with Gasteiger partial charge in [-0.1, -0.05) is 107 Å². The first-order valence-electron chi connectivity index (χ1n) is 17.2. The molecule has 0 spiro atoms. The Labute approximate surface area is 292 Å². The molecule has 0 heterocycles. The van der Waals surface area contributed by atoms with Gasteiger partial charge in [0.1, 0.15) is 0 Å². The predicted octanol–water partition coefficient (Wildman–Crippen LogP) is 10.5. The summed E-state index contributed by atoms with van der Waals surface area (Å²) in [6.45, 7) is 49.0. The zero-order valence-corrected chi connectivity index (χ0v) is 31.8. The van der Waals surface area contributed by atoms with Crippen molar-refractivity contribution in [2.24, 2.45) is 0 Å². The van der Waals surface area contributed by atoms with Crippen LogP contribution in [0.2, 0.25) is 0 Å². The summed E-state index contributed by atoms with van der Waals surface area (Å²) >= 11 is 0. The third-order valence-corrected chi connectivity index (χ3v) is 7.89. The van der Waals surface area contributed by atoms with E-state index in [1.54, 1.807) is 0 Å². The van der Waals surface area contributed by atoms with Crippen molar-refractivity contribution >= 4 is 0 Å².